The van der Waals surface area contributed by atoms with Gasteiger partial charge in [0.05, 0.1) is 4.90 Å². The number of rotatable bonds is 6. The minimum atomic E-state index is -3.49. The summed E-state index contributed by atoms with van der Waals surface area (Å²) in [5.41, 5.74) is 1.93. The highest BCUT2D eigenvalue weighted by molar-refractivity contribution is 7.89. The highest BCUT2D eigenvalue weighted by atomic mass is 35.5. The lowest BCUT2D eigenvalue weighted by atomic mass is 10.2. The molecular weight excluding hydrogens is 308 g/mol. The van der Waals surface area contributed by atoms with E-state index in [2.05, 4.69) is 4.98 Å². The third kappa shape index (κ3) is 4.03. The van der Waals surface area contributed by atoms with Gasteiger partial charge in [-0.2, -0.15) is 4.31 Å². The fourth-order valence-electron chi connectivity index (χ4n) is 1.95. The predicted molar refractivity (Wildman–Crippen MR) is 83.8 cm³/mol. The molecule has 0 bridgehead atoms. The van der Waals surface area contributed by atoms with Crippen LogP contribution < -0.4 is 0 Å². The van der Waals surface area contributed by atoms with Crippen LogP contribution in [0, 0.1) is 0 Å². The van der Waals surface area contributed by atoms with Crippen LogP contribution in [0.1, 0.15) is 11.1 Å². The van der Waals surface area contributed by atoms with Gasteiger partial charge in [-0.3, -0.25) is 4.98 Å². The molecule has 0 unspecified atom stereocenters. The number of sulfonamides is 1. The molecule has 0 fully saturated rings. The van der Waals surface area contributed by atoms with Crippen LogP contribution in [0.4, 0.5) is 0 Å². The van der Waals surface area contributed by atoms with E-state index in [1.165, 1.54) is 4.31 Å². The Morgan fingerprint density at radius 2 is 1.67 bits per heavy atom. The van der Waals surface area contributed by atoms with E-state index in [4.69, 9.17) is 11.6 Å². The monoisotopic (exact) mass is 324 g/mol. The van der Waals surface area contributed by atoms with E-state index in [0.717, 1.165) is 17.5 Å². The van der Waals surface area contributed by atoms with Gasteiger partial charge in [0, 0.05) is 31.9 Å². The molecule has 2 aromatic rings. The van der Waals surface area contributed by atoms with E-state index >= 15 is 0 Å². The van der Waals surface area contributed by atoms with E-state index in [-0.39, 0.29) is 4.90 Å². The quantitative estimate of drug-likeness (QED) is 0.768. The third-order valence-electron chi connectivity index (χ3n) is 3.17. The van der Waals surface area contributed by atoms with Gasteiger partial charge in [-0.15, -0.1) is 11.6 Å². The maximum absolute atomic E-state index is 12.5. The molecule has 0 spiro atoms. The van der Waals surface area contributed by atoms with Gasteiger partial charge in [0.1, 0.15) is 0 Å². The average Bonchev–Trinajstić information content (AvgIpc) is 2.49. The van der Waals surface area contributed by atoms with Crippen LogP contribution in [0.3, 0.4) is 0 Å². The number of halogens is 1. The summed E-state index contributed by atoms with van der Waals surface area (Å²) in [5, 5.41) is 0. The van der Waals surface area contributed by atoms with Gasteiger partial charge >= 0.3 is 0 Å². The number of pyridine rings is 1. The Balaban J connectivity index is 2.16. The van der Waals surface area contributed by atoms with Gasteiger partial charge in [0.2, 0.25) is 10.0 Å². The van der Waals surface area contributed by atoms with Gasteiger partial charge in [0.25, 0.3) is 0 Å². The Labute approximate surface area is 130 Å². The maximum atomic E-state index is 12.5. The molecule has 1 aromatic heterocycles. The summed E-state index contributed by atoms with van der Waals surface area (Å²) in [7, 11) is -1.92. The van der Waals surface area contributed by atoms with Crippen LogP contribution in [-0.4, -0.2) is 30.6 Å². The van der Waals surface area contributed by atoms with Crippen LogP contribution in [-0.2, 0) is 23.0 Å². The number of alkyl halides is 1. The molecule has 0 aliphatic heterocycles. The number of benzene rings is 1. The van der Waals surface area contributed by atoms with E-state index in [1.54, 1.807) is 55.8 Å². The summed E-state index contributed by atoms with van der Waals surface area (Å²) in [6.45, 7) is 0.314. The SMILES string of the molecule is CN(Cc1ccncc1)S(=O)(=O)c1ccc(CCCl)cc1. The Morgan fingerprint density at radius 1 is 1.05 bits per heavy atom. The Hall–Kier alpha value is -1.43. The molecule has 0 aliphatic rings. The van der Waals surface area contributed by atoms with Gasteiger partial charge in [-0.25, -0.2) is 8.42 Å². The van der Waals surface area contributed by atoms with Crippen LogP contribution in [0.2, 0.25) is 0 Å². The van der Waals surface area contributed by atoms with E-state index < -0.39 is 10.0 Å². The molecule has 1 heterocycles. The minimum Gasteiger partial charge on any atom is -0.265 e. The zero-order chi connectivity index (χ0) is 15.3. The van der Waals surface area contributed by atoms with Crippen molar-refractivity contribution in [1.29, 1.82) is 0 Å². The Morgan fingerprint density at radius 3 is 2.24 bits per heavy atom. The van der Waals surface area contributed by atoms with E-state index in [1.807, 2.05) is 0 Å². The van der Waals surface area contributed by atoms with Crippen molar-refractivity contribution in [2.45, 2.75) is 17.9 Å². The van der Waals surface area contributed by atoms with Crippen LogP contribution >= 0.6 is 11.6 Å². The topological polar surface area (TPSA) is 50.3 Å². The zero-order valence-electron chi connectivity index (χ0n) is 11.7. The second-order valence-corrected chi connectivity index (χ2v) is 7.12. The summed E-state index contributed by atoms with van der Waals surface area (Å²) in [6, 6.07) is 10.5. The second-order valence-electron chi connectivity index (χ2n) is 4.70. The summed E-state index contributed by atoms with van der Waals surface area (Å²) in [6.07, 6.45) is 4.03. The molecule has 0 saturated heterocycles. The first-order chi connectivity index (χ1) is 10.0. The van der Waals surface area contributed by atoms with E-state index in [0.29, 0.717) is 12.4 Å². The van der Waals surface area contributed by atoms with Crippen molar-refractivity contribution >= 4 is 21.6 Å². The second kappa shape index (κ2) is 7.02. The first-order valence-corrected chi connectivity index (χ1v) is 8.51. The predicted octanol–water partition coefficient (Wildman–Crippen LogP) is 2.68. The molecule has 0 radical (unpaired) electrons. The van der Waals surface area contributed by atoms with Crippen molar-refractivity contribution in [3.63, 3.8) is 0 Å². The standard InChI is InChI=1S/C15H17ClN2O2S/c1-18(12-14-7-10-17-11-8-14)21(19,20)15-4-2-13(3-5-15)6-9-16/h2-5,7-8,10-11H,6,9,12H2,1H3. The lowest BCUT2D eigenvalue weighted by molar-refractivity contribution is 0.466. The van der Waals surface area contributed by atoms with Crippen molar-refractivity contribution in [3.8, 4) is 0 Å². The normalized spacial score (nSPS) is 11.8. The van der Waals surface area contributed by atoms with Crippen LogP contribution in [0.25, 0.3) is 0 Å². The summed E-state index contributed by atoms with van der Waals surface area (Å²) >= 11 is 5.67. The largest absolute Gasteiger partial charge is 0.265 e. The van der Waals surface area contributed by atoms with Crippen molar-refractivity contribution in [2.24, 2.45) is 0 Å². The fraction of sp³-hybridized carbons (Fsp3) is 0.267. The molecule has 6 heteroatoms. The smallest absolute Gasteiger partial charge is 0.243 e. The lowest BCUT2D eigenvalue weighted by Crippen LogP contribution is -2.26. The number of hydrogen-bond donors (Lipinski definition) is 0. The first kappa shape index (κ1) is 15.9. The average molecular weight is 325 g/mol. The van der Waals surface area contributed by atoms with Crippen molar-refractivity contribution in [3.05, 3.63) is 59.9 Å². The zero-order valence-corrected chi connectivity index (χ0v) is 13.3. The van der Waals surface area contributed by atoms with E-state index in [9.17, 15) is 8.42 Å². The van der Waals surface area contributed by atoms with Crippen molar-refractivity contribution in [2.75, 3.05) is 12.9 Å². The van der Waals surface area contributed by atoms with Gasteiger partial charge < -0.3 is 0 Å². The van der Waals surface area contributed by atoms with Crippen LogP contribution in [0.15, 0.2) is 53.7 Å². The molecule has 0 atom stereocenters. The molecule has 112 valence electrons. The van der Waals surface area contributed by atoms with Crippen LogP contribution in [0.5, 0.6) is 0 Å². The number of aromatic nitrogens is 1. The molecule has 2 rings (SSSR count). The van der Waals surface area contributed by atoms with Gasteiger partial charge in [-0.05, 0) is 41.8 Å². The molecule has 21 heavy (non-hydrogen) atoms. The molecule has 0 aliphatic carbocycles. The highest BCUT2D eigenvalue weighted by Gasteiger charge is 2.20. The maximum Gasteiger partial charge on any atom is 0.243 e. The Bertz CT molecular complexity index is 673. The van der Waals surface area contributed by atoms with Gasteiger partial charge in [0.15, 0.2) is 0 Å². The molecular formula is C15H17ClN2O2S. The highest BCUT2D eigenvalue weighted by Crippen LogP contribution is 2.17. The molecule has 0 saturated carbocycles. The lowest BCUT2D eigenvalue weighted by Gasteiger charge is -2.17. The fourth-order valence-corrected chi connectivity index (χ4v) is 3.32. The Kier molecular flexibility index (Phi) is 5.33. The molecule has 4 nitrogen and oxygen atoms in total. The number of nitrogens with zero attached hydrogens (tertiary/aromatic N) is 2. The summed E-state index contributed by atoms with van der Waals surface area (Å²) in [4.78, 5) is 4.21. The first-order valence-electron chi connectivity index (χ1n) is 6.54. The summed E-state index contributed by atoms with van der Waals surface area (Å²) in [5.74, 6) is 0.522. The molecule has 0 N–H and O–H groups in total. The number of hydrogen-bond acceptors (Lipinski definition) is 3. The molecule has 1 aromatic carbocycles. The van der Waals surface area contributed by atoms with Crippen molar-refractivity contribution < 1.29 is 8.42 Å². The van der Waals surface area contributed by atoms with Gasteiger partial charge in [-0.1, -0.05) is 12.1 Å². The number of aryl methyl sites for hydroxylation is 1. The third-order valence-corrected chi connectivity index (χ3v) is 5.18. The summed E-state index contributed by atoms with van der Waals surface area (Å²) < 4.78 is 26.3. The molecule has 0 amide bonds. The van der Waals surface area contributed by atoms with Crippen molar-refractivity contribution in [1.82, 2.24) is 9.29 Å². The minimum absolute atomic E-state index is 0.289.